The molecule has 4 rings (SSSR count). The van der Waals surface area contributed by atoms with E-state index in [2.05, 4.69) is 5.10 Å². The number of ether oxygens (including phenoxy) is 2. The Hall–Kier alpha value is -4.47. The molecule has 34 heavy (non-hydrogen) atoms. The molecule has 174 valence electrons. The number of aryl methyl sites for hydroxylation is 1. The molecule has 0 fully saturated rings. The van der Waals surface area contributed by atoms with Crippen LogP contribution < -0.4 is 4.74 Å². The second-order valence-electron chi connectivity index (χ2n) is 7.60. The summed E-state index contributed by atoms with van der Waals surface area (Å²) in [6, 6.07) is 14.3. The zero-order chi connectivity index (χ0) is 24.2. The summed E-state index contributed by atoms with van der Waals surface area (Å²) in [5, 5.41) is 16.8. The molecule has 1 aromatic heterocycles. The first-order valence-corrected chi connectivity index (χ1v) is 10.4. The standard InChI is InChI=1S/C24H21N3O7/c1-15-5-7-16(8-6-15)19-13-20(22-4-3-11-33-22)26(25-19)23(28)14-34-24(29)18-12-17(27(30)31)9-10-21(18)32-2/h3-12,20H,13-14H2,1-2H3. The van der Waals surface area contributed by atoms with Crippen LogP contribution in [0.4, 0.5) is 5.69 Å². The lowest BCUT2D eigenvalue weighted by Gasteiger charge is -2.19. The maximum Gasteiger partial charge on any atom is 0.342 e. The number of rotatable bonds is 7. The smallest absolute Gasteiger partial charge is 0.342 e. The van der Waals surface area contributed by atoms with Crippen LogP contribution in [-0.2, 0) is 9.53 Å². The van der Waals surface area contributed by atoms with Crippen molar-refractivity contribution in [1.29, 1.82) is 0 Å². The summed E-state index contributed by atoms with van der Waals surface area (Å²) in [4.78, 5) is 36.0. The number of methoxy groups -OCH3 is 1. The van der Waals surface area contributed by atoms with Gasteiger partial charge in [-0.2, -0.15) is 5.10 Å². The summed E-state index contributed by atoms with van der Waals surface area (Å²) in [6.07, 6.45) is 1.94. The van der Waals surface area contributed by atoms with Gasteiger partial charge in [0, 0.05) is 18.6 Å². The summed E-state index contributed by atoms with van der Waals surface area (Å²) in [5.74, 6) is -0.852. The Labute approximate surface area is 194 Å². The van der Waals surface area contributed by atoms with Gasteiger partial charge in [0.15, 0.2) is 6.61 Å². The van der Waals surface area contributed by atoms with Gasteiger partial charge in [0.05, 0.1) is 24.0 Å². The van der Waals surface area contributed by atoms with Gasteiger partial charge in [0.25, 0.3) is 11.6 Å². The predicted octanol–water partition coefficient (Wildman–Crippen LogP) is 4.04. The van der Waals surface area contributed by atoms with E-state index in [0.29, 0.717) is 17.9 Å². The zero-order valence-electron chi connectivity index (χ0n) is 18.5. The average Bonchev–Trinajstić information content (AvgIpc) is 3.52. The number of nitrogens with zero attached hydrogens (tertiary/aromatic N) is 3. The number of hydrazone groups is 1. The van der Waals surface area contributed by atoms with Gasteiger partial charge in [-0.15, -0.1) is 0 Å². The first-order chi connectivity index (χ1) is 16.4. The highest BCUT2D eigenvalue weighted by atomic mass is 16.6. The number of amides is 1. The lowest BCUT2D eigenvalue weighted by molar-refractivity contribution is -0.384. The molecule has 2 heterocycles. The molecule has 2 aromatic carbocycles. The molecule has 10 heteroatoms. The Kier molecular flexibility index (Phi) is 6.39. The van der Waals surface area contributed by atoms with Gasteiger partial charge < -0.3 is 13.9 Å². The lowest BCUT2D eigenvalue weighted by atomic mass is 10.0. The van der Waals surface area contributed by atoms with Crippen molar-refractivity contribution >= 4 is 23.3 Å². The Morgan fingerprint density at radius 2 is 1.97 bits per heavy atom. The largest absolute Gasteiger partial charge is 0.496 e. The number of nitro benzene ring substituents is 1. The molecule has 3 aromatic rings. The molecule has 0 saturated heterocycles. The topological polar surface area (TPSA) is 124 Å². The molecule has 1 aliphatic heterocycles. The molecular weight excluding hydrogens is 442 g/mol. The molecule has 0 bridgehead atoms. The normalized spacial score (nSPS) is 15.1. The molecule has 0 radical (unpaired) electrons. The maximum absolute atomic E-state index is 13.0. The molecule has 1 aliphatic rings. The minimum absolute atomic E-state index is 0.0948. The highest BCUT2D eigenvalue weighted by Crippen LogP contribution is 2.33. The number of furan rings is 1. The van der Waals surface area contributed by atoms with Crippen molar-refractivity contribution in [3.05, 3.63) is 93.4 Å². The van der Waals surface area contributed by atoms with Crippen LogP contribution in [0.1, 0.15) is 39.7 Å². The van der Waals surface area contributed by atoms with Gasteiger partial charge in [-0.1, -0.05) is 29.8 Å². The Morgan fingerprint density at radius 1 is 1.21 bits per heavy atom. The number of carbonyl (C=O) groups excluding carboxylic acids is 2. The van der Waals surface area contributed by atoms with Crippen LogP contribution in [-0.4, -0.2) is 41.2 Å². The minimum Gasteiger partial charge on any atom is -0.496 e. The molecular formula is C24H21N3O7. The van der Waals surface area contributed by atoms with E-state index in [0.717, 1.165) is 17.2 Å². The van der Waals surface area contributed by atoms with Crippen LogP contribution >= 0.6 is 0 Å². The molecule has 1 amide bonds. The quantitative estimate of drug-likeness (QED) is 0.294. The van der Waals surface area contributed by atoms with Crippen LogP contribution in [0.2, 0.25) is 0 Å². The van der Waals surface area contributed by atoms with Crippen molar-refractivity contribution in [3.8, 4) is 5.75 Å². The van der Waals surface area contributed by atoms with Gasteiger partial charge in [-0.3, -0.25) is 14.9 Å². The second kappa shape index (κ2) is 9.57. The molecule has 0 saturated carbocycles. The Balaban J connectivity index is 1.53. The van der Waals surface area contributed by atoms with Crippen molar-refractivity contribution < 1.29 is 28.4 Å². The zero-order valence-corrected chi connectivity index (χ0v) is 18.5. The van der Waals surface area contributed by atoms with Crippen LogP contribution in [0.25, 0.3) is 0 Å². The number of benzene rings is 2. The van der Waals surface area contributed by atoms with E-state index in [9.17, 15) is 19.7 Å². The number of carbonyl (C=O) groups is 2. The third-order valence-electron chi connectivity index (χ3n) is 5.36. The van der Waals surface area contributed by atoms with Crippen LogP contribution in [0.5, 0.6) is 5.75 Å². The third-order valence-corrected chi connectivity index (χ3v) is 5.36. The monoisotopic (exact) mass is 463 g/mol. The molecule has 0 spiro atoms. The number of hydrogen-bond acceptors (Lipinski definition) is 8. The van der Waals surface area contributed by atoms with Crippen LogP contribution in [0.3, 0.4) is 0 Å². The van der Waals surface area contributed by atoms with Gasteiger partial charge in [0.1, 0.15) is 23.1 Å². The van der Waals surface area contributed by atoms with Crippen molar-refractivity contribution in [2.24, 2.45) is 5.10 Å². The van der Waals surface area contributed by atoms with Crippen molar-refractivity contribution in [1.82, 2.24) is 5.01 Å². The number of nitro groups is 1. The van der Waals surface area contributed by atoms with Crippen molar-refractivity contribution in [2.45, 2.75) is 19.4 Å². The van der Waals surface area contributed by atoms with Crippen molar-refractivity contribution in [3.63, 3.8) is 0 Å². The SMILES string of the molecule is COc1ccc([N+](=O)[O-])cc1C(=O)OCC(=O)N1N=C(c2ccc(C)cc2)CC1c1ccco1. The Morgan fingerprint density at radius 3 is 2.62 bits per heavy atom. The van der Waals surface area contributed by atoms with Crippen LogP contribution in [0.15, 0.2) is 70.4 Å². The third kappa shape index (κ3) is 4.65. The molecule has 0 N–H and O–H groups in total. The van der Waals surface area contributed by atoms with E-state index in [1.807, 2.05) is 31.2 Å². The fraction of sp³-hybridized carbons (Fsp3) is 0.208. The highest BCUT2D eigenvalue weighted by molar-refractivity contribution is 6.03. The van der Waals surface area contributed by atoms with Crippen LogP contribution in [0, 0.1) is 17.0 Å². The predicted molar refractivity (Wildman–Crippen MR) is 121 cm³/mol. The highest BCUT2D eigenvalue weighted by Gasteiger charge is 2.35. The second-order valence-corrected chi connectivity index (χ2v) is 7.60. The minimum atomic E-state index is -0.926. The number of non-ortho nitro benzene ring substituents is 1. The summed E-state index contributed by atoms with van der Waals surface area (Å²) >= 11 is 0. The lowest BCUT2D eigenvalue weighted by Crippen LogP contribution is -2.31. The first-order valence-electron chi connectivity index (χ1n) is 10.4. The van der Waals surface area contributed by atoms with E-state index in [1.54, 1.807) is 12.1 Å². The fourth-order valence-electron chi connectivity index (χ4n) is 3.60. The van der Waals surface area contributed by atoms with Gasteiger partial charge in [-0.25, -0.2) is 9.80 Å². The molecule has 10 nitrogen and oxygen atoms in total. The summed E-state index contributed by atoms with van der Waals surface area (Å²) in [5.41, 5.74) is 2.21. The maximum atomic E-state index is 13.0. The number of esters is 1. The van der Waals surface area contributed by atoms with Gasteiger partial charge >= 0.3 is 5.97 Å². The van der Waals surface area contributed by atoms with E-state index < -0.39 is 29.4 Å². The fourth-order valence-corrected chi connectivity index (χ4v) is 3.60. The summed E-state index contributed by atoms with van der Waals surface area (Å²) in [6.45, 7) is 1.36. The number of hydrogen-bond donors (Lipinski definition) is 0. The first kappa shape index (κ1) is 22.7. The van der Waals surface area contributed by atoms with Crippen molar-refractivity contribution in [2.75, 3.05) is 13.7 Å². The van der Waals surface area contributed by atoms with E-state index in [1.165, 1.54) is 30.5 Å². The Bertz CT molecular complexity index is 1250. The van der Waals surface area contributed by atoms with Gasteiger partial charge in [0.2, 0.25) is 0 Å². The molecule has 0 aliphatic carbocycles. The van der Waals surface area contributed by atoms with E-state index in [4.69, 9.17) is 13.9 Å². The summed E-state index contributed by atoms with van der Waals surface area (Å²) < 4.78 is 15.8. The average molecular weight is 463 g/mol. The summed E-state index contributed by atoms with van der Waals surface area (Å²) in [7, 11) is 1.32. The molecule has 1 atom stereocenters. The van der Waals surface area contributed by atoms with E-state index >= 15 is 0 Å². The molecule has 1 unspecified atom stereocenters. The van der Waals surface area contributed by atoms with Gasteiger partial charge in [-0.05, 0) is 30.7 Å². The van der Waals surface area contributed by atoms with E-state index in [-0.39, 0.29) is 17.0 Å².